The first-order chi connectivity index (χ1) is 6.99. The van der Waals surface area contributed by atoms with Crippen molar-refractivity contribution in [1.82, 2.24) is 15.1 Å². The molecule has 0 spiro atoms. The number of rotatable bonds is 7. The highest BCUT2D eigenvalue weighted by atomic mass is 16.2. The summed E-state index contributed by atoms with van der Waals surface area (Å²) in [6.45, 7) is 4.57. The smallest absolute Gasteiger partial charge is 0.226 e. The summed E-state index contributed by atoms with van der Waals surface area (Å²) in [4.78, 5) is 15.7. The second-order valence-corrected chi connectivity index (χ2v) is 4.38. The molecule has 0 aromatic carbocycles. The largest absolute Gasteiger partial charge is 0.345 e. The fourth-order valence-corrected chi connectivity index (χ4v) is 1.50. The van der Waals surface area contributed by atoms with Crippen LogP contribution in [0.25, 0.3) is 0 Å². The fourth-order valence-electron chi connectivity index (χ4n) is 1.50. The number of hydrogen-bond acceptors (Lipinski definition) is 3. The fraction of sp³-hybridized carbons (Fsp3) is 0.909. The maximum Gasteiger partial charge on any atom is 0.226 e. The molecule has 0 aromatic heterocycles. The maximum atomic E-state index is 11.8. The van der Waals surface area contributed by atoms with Gasteiger partial charge in [-0.25, -0.2) is 0 Å². The zero-order valence-corrected chi connectivity index (χ0v) is 10.7. The van der Waals surface area contributed by atoms with E-state index in [0.717, 1.165) is 26.1 Å². The van der Waals surface area contributed by atoms with E-state index in [0.29, 0.717) is 0 Å². The standard InChI is InChI=1S/C11H25N3O/c1-10(9-12-2)11(15)14(5)8-6-7-13(3)4/h10,12H,6-9H2,1-5H3. The molecule has 1 amide bonds. The van der Waals surface area contributed by atoms with E-state index < -0.39 is 0 Å². The molecule has 1 atom stereocenters. The maximum absolute atomic E-state index is 11.8. The van der Waals surface area contributed by atoms with Crippen LogP contribution in [0.5, 0.6) is 0 Å². The van der Waals surface area contributed by atoms with Crippen molar-refractivity contribution in [2.24, 2.45) is 5.92 Å². The molecule has 0 aliphatic carbocycles. The van der Waals surface area contributed by atoms with Crippen LogP contribution >= 0.6 is 0 Å². The third-order valence-corrected chi connectivity index (χ3v) is 2.41. The third-order valence-electron chi connectivity index (χ3n) is 2.41. The molecule has 1 unspecified atom stereocenters. The Bertz CT molecular complexity index is 183. The molecule has 0 heterocycles. The molecule has 90 valence electrons. The molecule has 0 aliphatic rings. The first kappa shape index (κ1) is 14.4. The van der Waals surface area contributed by atoms with E-state index in [4.69, 9.17) is 0 Å². The Kier molecular flexibility index (Phi) is 7.34. The molecule has 0 aliphatic heterocycles. The van der Waals surface area contributed by atoms with Gasteiger partial charge in [0.1, 0.15) is 0 Å². The molecule has 0 saturated heterocycles. The molecule has 0 aromatic rings. The van der Waals surface area contributed by atoms with Crippen molar-refractivity contribution < 1.29 is 4.79 Å². The molecule has 15 heavy (non-hydrogen) atoms. The normalized spacial score (nSPS) is 12.9. The van der Waals surface area contributed by atoms with Gasteiger partial charge in [0.25, 0.3) is 0 Å². The monoisotopic (exact) mass is 215 g/mol. The van der Waals surface area contributed by atoms with E-state index in [1.165, 1.54) is 0 Å². The van der Waals surface area contributed by atoms with Crippen LogP contribution in [-0.2, 0) is 4.79 Å². The van der Waals surface area contributed by atoms with Crippen LogP contribution in [0.3, 0.4) is 0 Å². The lowest BCUT2D eigenvalue weighted by Crippen LogP contribution is -2.37. The van der Waals surface area contributed by atoms with Gasteiger partial charge in [-0.2, -0.15) is 0 Å². The first-order valence-electron chi connectivity index (χ1n) is 5.53. The predicted octanol–water partition coefficient (Wildman–Crippen LogP) is 0.252. The van der Waals surface area contributed by atoms with Gasteiger partial charge in [-0.1, -0.05) is 6.92 Å². The number of hydrogen-bond donors (Lipinski definition) is 1. The van der Waals surface area contributed by atoms with Gasteiger partial charge in [0.2, 0.25) is 5.91 Å². The average molecular weight is 215 g/mol. The zero-order valence-electron chi connectivity index (χ0n) is 10.7. The van der Waals surface area contributed by atoms with E-state index >= 15 is 0 Å². The number of carbonyl (C=O) groups is 1. The highest BCUT2D eigenvalue weighted by Crippen LogP contribution is 2.00. The van der Waals surface area contributed by atoms with Gasteiger partial charge < -0.3 is 15.1 Å². The minimum Gasteiger partial charge on any atom is -0.345 e. The molecule has 0 radical (unpaired) electrons. The molecule has 0 saturated carbocycles. The van der Waals surface area contributed by atoms with Crippen molar-refractivity contribution in [2.45, 2.75) is 13.3 Å². The lowest BCUT2D eigenvalue weighted by atomic mass is 10.1. The van der Waals surface area contributed by atoms with Gasteiger partial charge in [0.15, 0.2) is 0 Å². The predicted molar refractivity (Wildman–Crippen MR) is 63.9 cm³/mol. The van der Waals surface area contributed by atoms with Crippen LogP contribution in [0.1, 0.15) is 13.3 Å². The summed E-state index contributed by atoms with van der Waals surface area (Å²) in [6.07, 6.45) is 1.03. The second kappa shape index (κ2) is 7.65. The van der Waals surface area contributed by atoms with E-state index in [1.54, 1.807) is 0 Å². The van der Waals surface area contributed by atoms with Crippen molar-refractivity contribution in [3.63, 3.8) is 0 Å². The Morgan fingerprint density at radius 3 is 2.33 bits per heavy atom. The van der Waals surface area contributed by atoms with Crippen molar-refractivity contribution in [3.8, 4) is 0 Å². The van der Waals surface area contributed by atoms with Crippen molar-refractivity contribution in [3.05, 3.63) is 0 Å². The van der Waals surface area contributed by atoms with E-state index in [9.17, 15) is 4.79 Å². The Hall–Kier alpha value is -0.610. The highest BCUT2D eigenvalue weighted by Gasteiger charge is 2.15. The zero-order chi connectivity index (χ0) is 11.8. The van der Waals surface area contributed by atoms with Crippen LogP contribution < -0.4 is 5.32 Å². The summed E-state index contributed by atoms with van der Waals surface area (Å²) in [7, 11) is 7.84. The van der Waals surface area contributed by atoms with E-state index in [-0.39, 0.29) is 11.8 Å². The van der Waals surface area contributed by atoms with Gasteiger partial charge in [-0.15, -0.1) is 0 Å². The first-order valence-corrected chi connectivity index (χ1v) is 5.53. The van der Waals surface area contributed by atoms with Crippen molar-refractivity contribution in [1.29, 1.82) is 0 Å². The Labute approximate surface area is 93.6 Å². The molecule has 4 heteroatoms. The highest BCUT2D eigenvalue weighted by molar-refractivity contribution is 5.78. The number of carbonyl (C=O) groups excluding carboxylic acids is 1. The Balaban J connectivity index is 3.78. The van der Waals surface area contributed by atoms with Gasteiger partial charge in [-0.3, -0.25) is 4.79 Å². The van der Waals surface area contributed by atoms with Crippen LogP contribution in [0, 0.1) is 5.92 Å². The topological polar surface area (TPSA) is 35.6 Å². The molecule has 0 fully saturated rings. The van der Waals surface area contributed by atoms with Crippen molar-refractivity contribution in [2.75, 3.05) is 47.8 Å². The third kappa shape index (κ3) is 6.47. The average Bonchev–Trinajstić information content (AvgIpc) is 2.16. The summed E-state index contributed by atoms with van der Waals surface area (Å²) >= 11 is 0. The lowest BCUT2D eigenvalue weighted by Gasteiger charge is -2.22. The Morgan fingerprint density at radius 2 is 1.87 bits per heavy atom. The quantitative estimate of drug-likeness (QED) is 0.661. The van der Waals surface area contributed by atoms with Crippen LogP contribution in [0.15, 0.2) is 0 Å². The van der Waals surface area contributed by atoms with Crippen molar-refractivity contribution >= 4 is 5.91 Å². The number of amides is 1. The summed E-state index contributed by atoms with van der Waals surface area (Å²) in [6, 6.07) is 0. The van der Waals surface area contributed by atoms with Gasteiger partial charge in [0.05, 0.1) is 0 Å². The summed E-state index contributed by atoms with van der Waals surface area (Å²) in [5, 5.41) is 3.02. The number of nitrogens with zero attached hydrogens (tertiary/aromatic N) is 2. The van der Waals surface area contributed by atoms with Gasteiger partial charge in [-0.05, 0) is 34.1 Å². The molecule has 0 bridgehead atoms. The number of nitrogens with one attached hydrogen (secondary N) is 1. The summed E-state index contributed by atoms with van der Waals surface area (Å²) in [5.41, 5.74) is 0. The SMILES string of the molecule is CNCC(C)C(=O)N(C)CCCN(C)C. The van der Waals surface area contributed by atoms with Crippen LogP contribution in [0.2, 0.25) is 0 Å². The van der Waals surface area contributed by atoms with E-state index in [1.807, 2.05) is 40.0 Å². The minimum absolute atomic E-state index is 0.0688. The molecule has 0 rings (SSSR count). The van der Waals surface area contributed by atoms with E-state index in [2.05, 4.69) is 10.2 Å². The minimum atomic E-state index is 0.0688. The lowest BCUT2D eigenvalue weighted by molar-refractivity contribution is -0.133. The second-order valence-electron chi connectivity index (χ2n) is 4.38. The Morgan fingerprint density at radius 1 is 1.27 bits per heavy atom. The molecular weight excluding hydrogens is 190 g/mol. The summed E-state index contributed by atoms with van der Waals surface area (Å²) in [5.74, 6) is 0.294. The summed E-state index contributed by atoms with van der Waals surface area (Å²) < 4.78 is 0. The molecule has 4 nitrogen and oxygen atoms in total. The van der Waals surface area contributed by atoms with Crippen LogP contribution in [0.4, 0.5) is 0 Å². The van der Waals surface area contributed by atoms with Gasteiger partial charge >= 0.3 is 0 Å². The molecule has 1 N–H and O–H groups in total. The molecular formula is C11H25N3O. The van der Waals surface area contributed by atoms with Gasteiger partial charge in [0, 0.05) is 26.1 Å². The van der Waals surface area contributed by atoms with Crippen LogP contribution in [-0.4, -0.2) is 63.5 Å².